The lowest BCUT2D eigenvalue weighted by Gasteiger charge is -2.31. The van der Waals surface area contributed by atoms with Gasteiger partial charge in [0.05, 0.1) is 31.5 Å². The molecule has 1 unspecified atom stereocenters. The lowest BCUT2D eigenvalue weighted by molar-refractivity contribution is -0.0844. The van der Waals surface area contributed by atoms with Crippen molar-refractivity contribution in [3.05, 3.63) is 48.0 Å². The number of benzene rings is 1. The van der Waals surface area contributed by atoms with E-state index in [9.17, 15) is 15.3 Å². The average molecular weight is 366 g/mol. The summed E-state index contributed by atoms with van der Waals surface area (Å²) in [6, 6.07) is 9.79. The summed E-state index contributed by atoms with van der Waals surface area (Å²) in [6.07, 6.45) is 1.60. The lowest BCUT2D eigenvalue weighted by atomic mass is 9.82. The van der Waals surface area contributed by atoms with Gasteiger partial charge in [-0.05, 0) is 12.0 Å². The quantitative estimate of drug-likeness (QED) is 0.496. The first kappa shape index (κ1) is 22.8. The molecule has 0 spiro atoms. The summed E-state index contributed by atoms with van der Waals surface area (Å²) in [7, 11) is 1.52. The summed E-state index contributed by atoms with van der Waals surface area (Å²) in [5, 5.41) is 30.6. The van der Waals surface area contributed by atoms with E-state index in [0.29, 0.717) is 13.0 Å². The van der Waals surface area contributed by atoms with Crippen molar-refractivity contribution < 1.29 is 24.8 Å². The molecule has 148 valence electrons. The Labute approximate surface area is 157 Å². The van der Waals surface area contributed by atoms with Crippen LogP contribution in [0.2, 0.25) is 0 Å². The number of ether oxygens (including phenoxy) is 2. The standard InChI is InChI=1S/C21H34O5/c1-5-17(22)11-12-21(2,3)20(24)13-18(23)19(25-4)15-26-14-16-9-7-6-8-10-16/h6-12,17-20,22-24H,5,13-15H2,1-4H3/b12-11+/t17?,18-,19+,20+/m0/s1. The highest BCUT2D eigenvalue weighted by Crippen LogP contribution is 2.27. The minimum atomic E-state index is -0.852. The Morgan fingerprint density at radius 1 is 1.12 bits per heavy atom. The third-order valence-electron chi connectivity index (χ3n) is 4.62. The van der Waals surface area contributed by atoms with Crippen molar-refractivity contribution in [3.8, 4) is 0 Å². The molecule has 1 aromatic rings. The molecule has 1 aromatic carbocycles. The van der Waals surface area contributed by atoms with Gasteiger partial charge in [-0.1, -0.05) is 63.3 Å². The molecule has 5 heteroatoms. The number of aliphatic hydroxyl groups excluding tert-OH is 3. The van der Waals surface area contributed by atoms with Crippen LogP contribution in [0.25, 0.3) is 0 Å². The van der Waals surface area contributed by atoms with Gasteiger partial charge in [0.2, 0.25) is 0 Å². The van der Waals surface area contributed by atoms with Crippen LogP contribution in [-0.2, 0) is 16.1 Å². The Bertz CT molecular complexity index is 514. The minimum Gasteiger partial charge on any atom is -0.392 e. The van der Waals surface area contributed by atoms with Crippen molar-refractivity contribution >= 4 is 0 Å². The van der Waals surface area contributed by atoms with Gasteiger partial charge >= 0.3 is 0 Å². The lowest BCUT2D eigenvalue weighted by Crippen LogP contribution is -2.39. The van der Waals surface area contributed by atoms with Crippen LogP contribution >= 0.6 is 0 Å². The van der Waals surface area contributed by atoms with Crippen LogP contribution in [0.5, 0.6) is 0 Å². The predicted molar refractivity (Wildman–Crippen MR) is 103 cm³/mol. The maximum absolute atomic E-state index is 10.5. The second-order valence-electron chi connectivity index (χ2n) is 7.25. The summed E-state index contributed by atoms with van der Waals surface area (Å²) in [6.45, 7) is 6.32. The van der Waals surface area contributed by atoms with Crippen LogP contribution in [0.3, 0.4) is 0 Å². The predicted octanol–water partition coefficient (Wildman–Crippen LogP) is 2.68. The van der Waals surface area contributed by atoms with E-state index in [4.69, 9.17) is 9.47 Å². The fourth-order valence-corrected chi connectivity index (χ4v) is 2.49. The molecule has 0 saturated carbocycles. The highest BCUT2D eigenvalue weighted by atomic mass is 16.5. The van der Waals surface area contributed by atoms with Gasteiger partial charge in [-0.25, -0.2) is 0 Å². The van der Waals surface area contributed by atoms with Gasteiger partial charge in [-0.15, -0.1) is 0 Å². The molecule has 0 aliphatic carbocycles. The first-order chi connectivity index (χ1) is 12.3. The third kappa shape index (κ3) is 7.98. The van der Waals surface area contributed by atoms with E-state index in [1.165, 1.54) is 7.11 Å². The molecule has 0 aromatic heterocycles. The van der Waals surface area contributed by atoms with Crippen LogP contribution in [0.15, 0.2) is 42.5 Å². The van der Waals surface area contributed by atoms with Crippen LogP contribution < -0.4 is 0 Å². The van der Waals surface area contributed by atoms with Gasteiger partial charge in [0.1, 0.15) is 6.10 Å². The van der Waals surface area contributed by atoms with E-state index in [1.54, 1.807) is 12.2 Å². The largest absolute Gasteiger partial charge is 0.392 e. The smallest absolute Gasteiger partial charge is 0.106 e. The molecule has 0 fully saturated rings. The monoisotopic (exact) mass is 366 g/mol. The van der Waals surface area contributed by atoms with E-state index >= 15 is 0 Å². The Hall–Kier alpha value is -1.24. The molecule has 26 heavy (non-hydrogen) atoms. The molecule has 0 amide bonds. The topological polar surface area (TPSA) is 79.2 Å². The van der Waals surface area contributed by atoms with Gasteiger partial charge in [0, 0.05) is 18.9 Å². The maximum atomic E-state index is 10.5. The summed E-state index contributed by atoms with van der Waals surface area (Å²) >= 11 is 0. The van der Waals surface area contributed by atoms with Crippen molar-refractivity contribution in [2.24, 2.45) is 5.41 Å². The Morgan fingerprint density at radius 2 is 1.77 bits per heavy atom. The highest BCUT2D eigenvalue weighted by molar-refractivity contribution is 5.13. The molecule has 4 atom stereocenters. The summed E-state index contributed by atoms with van der Waals surface area (Å²) in [5.74, 6) is 0. The summed E-state index contributed by atoms with van der Waals surface area (Å²) < 4.78 is 11.0. The normalized spacial score (nSPS) is 17.2. The Balaban J connectivity index is 2.51. The van der Waals surface area contributed by atoms with Crippen LogP contribution in [0, 0.1) is 5.41 Å². The van der Waals surface area contributed by atoms with Crippen molar-refractivity contribution in [2.45, 2.75) is 64.6 Å². The minimum absolute atomic E-state index is 0.159. The van der Waals surface area contributed by atoms with Gasteiger partial charge in [0.15, 0.2) is 0 Å². The van der Waals surface area contributed by atoms with E-state index < -0.39 is 29.8 Å². The molecular formula is C21H34O5. The molecule has 0 aliphatic rings. The second-order valence-corrected chi connectivity index (χ2v) is 7.25. The molecular weight excluding hydrogens is 332 g/mol. The number of aliphatic hydroxyl groups is 3. The summed E-state index contributed by atoms with van der Waals surface area (Å²) in [5.41, 5.74) is 0.484. The molecule has 0 saturated heterocycles. The molecule has 3 N–H and O–H groups in total. The van der Waals surface area contributed by atoms with Crippen LogP contribution in [-0.4, -0.2) is 53.5 Å². The molecule has 0 heterocycles. The molecule has 0 bridgehead atoms. The third-order valence-corrected chi connectivity index (χ3v) is 4.62. The van der Waals surface area contributed by atoms with E-state index in [1.807, 2.05) is 51.1 Å². The molecule has 0 aliphatic heterocycles. The zero-order chi connectivity index (χ0) is 19.6. The first-order valence-corrected chi connectivity index (χ1v) is 9.18. The number of hydrogen-bond acceptors (Lipinski definition) is 5. The van der Waals surface area contributed by atoms with Gasteiger partial charge in [-0.3, -0.25) is 0 Å². The fourth-order valence-electron chi connectivity index (χ4n) is 2.49. The first-order valence-electron chi connectivity index (χ1n) is 9.18. The van der Waals surface area contributed by atoms with E-state index in [0.717, 1.165) is 5.56 Å². The fraction of sp³-hybridized carbons (Fsp3) is 0.619. The van der Waals surface area contributed by atoms with Gasteiger partial charge < -0.3 is 24.8 Å². The van der Waals surface area contributed by atoms with Crippen molar-refractivity contribution in [2.75, 3.05) is 13.7 Å². The Morgan fingerprint density at radius 3 is 2.35 bits per heavy atom. The SMILES string of the molecule is CCC(O)/C=C/C(C)(C)[C@H](O)C[C@H](O)[C@@H](COCc1ccccc1)OC. The Kier molecular flexibility index (Phi) is 10.1. The van der Waals surface area contributed by atoms with E-state index in [-0.39, 0.29) is 13.0 Å². The van der Waals surface area contributed by atoms with Crippen molar-refractivity contribution in [3.63, 3.8) is 0 Å². The number of rotatable bonds is 12. The van der Waals surface area contributed by atoms with Gasteiger partial charge in [-0.2, -0.15) is 0 Å². The van der Waals surface area contributed by atoms with Crippen molar-refractivity contribution in [1.82, 2.24) is 0 Å². The van der Waals surface area contributed by atoms with E-state index in [2.05, 4.69) is 0 Å². The zero-order valence-electron chi connectivity index (χ0n) is 16.3. The van der Waals surface area contributed by atoms with Crippen LogP contribution in [0.1, 0.15) is 39.2 Å². The maximum Gasteiger partial charge on any atom is 0.106 e. The van der Waals surface area contributed by atoms with Crippen molar-refractivity contribution in [1.29, 1.82) is 0 Å². The number of methoxy groups -OCH3 is 1. The molecule has 0 radical (unpaired) electrons. The molecule has 5 nitrogen and oxygen atoms in total. The van der Waals surface area contributed by atoms with Crippen LogP contribution in [0.4, 0.5) is 0 Å². The second kappa shape index (κ2) is 11.5. The number of hydrogen-bond donors (Lipinski definition) is 3. The van der Waals surface area contributed by atoms with Gasteiger partial charge in [0.25, 0.3) is 0 Å². The zero-order valence-corrected chi connectivity index (χ0v) is 16.3. The highest BCUT2D eigenvalue weighted by Gasteiger charge is 2.30. The summed E-state index contributed by atoms with van der Waals surface area (Å²) in [4.78, 5) is 0. The average Bonchev–Trinajstić information content (AvgIpc) is 2.63. The molecule has 1 rings (SSSR count).